The Hall–Kier alpha value is -2.63. The number of anilines is 1. The van der Waals surface area contributed by atoms with E-state index in [4.69, 9.17) is 0 Å². The minimum Gasteiger partial charge on any atom is -0.308 e. The van der Waals surface area contributed by atoms with Gasteiger partial charge in [-0.25, -0.2) is 0 Å². The van der Waals surface area contributed by atoms with Gasteiger partial charge in [0.15, 0.2) is 0 Å². The lowest BCUT2D eigenvalue weighted by atomic mass is 9.98. The first kappa shape index (κ1) is 14.9. The van der Waals surface area contributed by atoms with Gasteiger partial charge in [-0.1, -0.05) is 19.1 Å². The molecule has 3 heterocycles. The molecule has 0 bridgehead atoms. The van der Waals surface area contributed by atoms with Crippen molar-refractivity contribution in [2.45, 2.75) is 26.2 Å². The molecule has 3 aliphatic rings. The number of nitrogens with zero attached hydrogens (tertiary/aromatic N) is 3. The lowest BCUT2D eigenvalue weighted by Gasteiger charge is -2.39. The number of fused-ring (bicyclic) bond motifs is 4. The highest BCUT2D eigenvalue weighted by Crippen LogP contribution is 2.41. The predicted octanol–water partition coefficient (Wildman–Crippen LogP) is 1.94. The van der Waals surface area contributed by atoms with Gasteiger partial charge in [-0.05, 0) is 31.4 Å². The van der Waals surface area contributed by atoms with E-state index in [1.54, 1.807) is 39.9 Å². The maximum Gasteiger partial charge on any atom is 0.260 e. The van der Waals surface area contributed by atoms with Crippen molar-refractivity contribution in [2.24, 2.45) is 5.92 Å². The topological polar surface area (TPSA) is 60.9 Å². The van der Waals surface area contributed by atoms with Crippen LogP contribution in [0.3, 0.4) is 0 Å². The smallest absolute Gasteiger partial charge is 0.260 e. The van der Waals surface area contributed by atoms with E-state index in [2.05, 4.69) is 0 Å². The molecular weight excluding hydrogens is 306 g/mol. The molecule has 1 atom stereocenters. The van der Waals surface area contributed by atoms with E-state index in [1.807, 2.05) is 13.0 Å². The fraction of sp³-hybridized carbons (Fsp3) is 0.389. The fourth-order valence-electron chi connectivity index (χ4n) is 3.88. The van der Waals surface area contributed by atoms with Crippen LogP contribution in [-0.2, 0) is 9.59 Å². The van der Waals surface area contributed by atoms with Crippen LogP contribution in [0.25, 0.3) is 0 Å². The molecule has 4 rings (SSSR count). The second kappa shape index (κ2) is 5.19. The maximum absolute atomic E-state index is 13.1. The predicted molar refractivity (Wildman–Crippen MR) is 87.8 cm³/mol. The van der Waals surface area contributed by atoms with E-state index in [1.165, 1.54) is 0 Å². The minimum atomic E-state index is -0.699. The summed E-state index contributed by atoms with van der Waals surface area (Å²) in [7, 11) is 1.70. The molecular formula is C18H19N3O3. The van der Waals surface area contributed by atoms with Gasteiger partial charge in [0, 0.05) is 13.6 Å². The summed E-state index contributed by atoms with van der Waals surface area (Å²) in [6, 6.07) is 7.15. The molecule has 6 nitrogen and oxygen atoms in total. The quantitative estimate of drug-likeness (QED) is 0.741. The molecule has 0 radical (unpaired) electrons. The summed E-state index contributed by atoms with van der Waals surface area (Å²) in [5, 5.41) is 0. The number of allylic oxidation sites excluding steroid dienone is 1. The maximum atomic E-state index is 13.1. The minimum absolute atomic E-state index is 0.0957. The second-order valence-corrected chi connectivity index (χ2v) is 6.38. The van der Waals surface area contributed by atoms with Crippen LogP contribution in [0.15, 0.2) is 35.8 Å². The van der Waals surface area contributed by atoms with Gasteiger partial charge >= 0.3 is 0 Å². The highest BCUT2D eigenvalue weighted by Gasteiger charge is 2.47. The molecule has 0 aromatic heterocycles. The zero-order valence-corrected chi connectivity index (χ0v) is 13.8. The summed E-state index contributed by atoms with van der Waals surface area (Å²) in [6.45, 7) is 2.45. The van der Waals surface area contributed by atoms with Crippen LogP contribution in [0.5, 0.6) is 0 Å². The summed E-state index contributed by atoms with van der Waals surface area (Å²) >= 11 is 0. The molecule has 1 aromatic carbocycles. The molecule has 3 aliphatic heterocycles. The summed E-state index contributed by atoms with van der Waals surface area (Å²) < 4.78 is 0. The van der Waals surface area contributed by atoms with Crippen molar-refractivity contribution >= 4 is 23.4 Å². The first-order valence-corrected chi connectivity index (χ1v) is 8.31. The largest absolute Gasteiger partial charge is 0.308 e. The molecule has 0 saturated carbocycles. The van der Waals surface area contributed by atoms with Crippen LogP contribution in [0, 0.1) is 5.92 Å². The highest BCUT2D eigenvalue weighted by molar-refractivity contribution is 6.16. The Bertz CT molecular complexity index is 798. The fourth-order valence-corrected chi connectivity index (χ4v) is 3.88. The van der Waals surface area contributed by atoms with Crippen molar-refractivity contribution in [1.29, 1.82) is 0 Å². The number of carbonyl (C=O) groups excluding carboxylic acids is 3. The summed E-state index contributed by atoms with van der Waals surface area (Å²) in [6.07, 6.45) is 1.97. The van der Waals surface area contributed by atoms with Gasteiger partial charge in [-0.15, -0.1) is 0 Å². The monoisotopic (exact) mass is 325 g/mol. The molecule has 1 unspecified atom stereocenters. The number of hydrogen-bond acceptors (Lipinski definition) is 3. The molecule has 0 spiro atoms. The van der Waals surface area contributed by atoms with E-state index in [9.17, 15) is 14.4 Å². The van der Waals surface area contributed by atoms with Gasteiger partial charge in [0.05, 0.1) is 16.9 Å². The summed E-state index contributed by atoms with van der Waals surface area (Å²) in [5.74, 6) is -0.681. The Kier molecular flexibility index (Phi) is 3.23. The number of amides is 3. The Balaban J connectivity index is 2.02. The average Bonchev–Trinajstić information content (AvgIpc) is 3.03. The zero-order valence-electron chi connectivity index (χ0n) is 13.8. The van der Waals surface area contributed by atoms with Crippen molar-refractivity contribution in [3.8, 4) is 0 Å². The number of benzene rings is 1. The van der Waals surface area contributed by atoms with E-state index in [0.29, 0.717) is 36.5 Å². The van der Waals surface area contributed by atoms with Gasteiger partial charge in [0.1, 0.15) is 11.7 Å². The number of hydrogen-bond donors (Lipinski definition) is 0. The van der Waals surface area contributed by atoms with Crippen molar-refractivity contribution in [3.05, 3.63) is 41.3 Å². The highest BCUT2D eigenvalue weighted by atomic mass is 16.2. The molecule has 0 N–H and O–H groups in total. The number of para-hydroxylation sites is 1. The van der Waals surface area contributed by atoms with Crippen LogP contribution in [0.2, 0.25) is 0 Å². The van der Waals surface area contributed by atoms with Crippen molar-refractivity contribution in [2.75, 3.05) is 18.5 Å². The summed E-state index contributed by atoms with van der Waals surface area (Å²) in [5.41, 5.74) is 1.86. The molecule has 124 valence electrons. The van der Waals surface area contributed by atoms with Gasteiger partial charge < -0.3 is 4.90 Å². The standard InChI is InChI=1S/C18H19N3O3/c1-3-11-16(22)19(2)15-14-9-6-10-20(14)17(23)12-7-4-5-8-13(12)21(15)18(11)24/h4-5,7-8,11H,3,6,9-10H2,1-2H3. The first-order valence-electron chi connectivity index (χ1n) is 8.31. The molecule has 1 aromatic rings. The van der Waals surface area contributed by atoms with E-state index >= 15 is 0 Å². The van der Waals surface area contributed by atoms with Gasteiger partial charge in [-0.2, -0.15) is 0 Å². The third kappa shape index (κ3) is 1.79. The second-order valence-electron chi connectivity index (χ2n) is 6.38. The van der Waals surface area contributed by atoms with Crippen molar-refractivity contribution in [1.82, 2.24) is 9.80 Å². The Morgan fingerprint density at radius 3 is 2.62 bits per heavy atom. The number of carbonyl (C=O) groups is 3. The van der Waals surface area contributed by atoms with Crippen LogP contribution < -0.4 is 4.90 Å². The van der Waals surface area contributed by atoms with Gasteiger partial charge in [0.2, 0.25) is 11.8 Å². The van der Waals surface area contributed by atoms with E-state index < -0.39 is 5.92 Å². The molecule has 2 fully saturated rings. The van der Waals surface area contributed by atoms with Gasteiger partial charge in [0.25, 0.3) is 5.91 Å². The molecule has 2 saturated heterocycles. The molecule has 24 heavy (non-hydrogen) atoms. The van der Waals surface area contributed by atoms with Crippen LogP contribution in [0.1, 0.15) is 36.5 Å². The SMILES string of the molecule is CCC1C(=O)N(C)C2=C3CCCN3C(=O)c3ccccc3N2C1=O. The average molecular weight is 325 g/mol. The van der Waals surface area contributed by atoms with Crippen molar-refractivity contribution in [3.63, 3.8) is 0 Å². The third-order valence-corrected chi connectivity index (χ3v) is 5.08. The van der Waals surface area contributed by atoms with Crippen molar-refractivity contribution < 1.29 is 14.4 Å². The lowest BCUT2D eigenvalue weighted by molar-refractivity contribution is -0.142. The lowest BCUT2D eigenvalue weighted by Crippen LogP contribution is -2.54. The zero-order chi connectivity index (χ0) is 17.0. The van der Waals surface area contributed by atoms with Crippen LogP contribution in [0.4, 0.5) is 5.69 Å². The van der Waals surface area contributed by atoms with E-state index in [-0.39, 0.29) is 17.7 Å². The molecule has 3 amide bonds. The number of rotatable bonds is 1. The molecule has 6 heteroatoms. The summed E-state index contributed by atoms with van der Waals surface area (Å²) in [4.78, 5) is 43.5. The van der Waals surface area contributed by atoms with Crippen LogP contribution >= 0.6 is 0 Å². The first-order chi connectivity index (χ1) is 11.6. The van der Waals surface area contributed by atoms with Gasteiger partial charge in [-0.3, -0.25) is 24.2 Å². The molecule has 0 aliphatic carbocycles. The Labute approximate surface area is 140 Å². The normalized spacial score (nSPS) is 23.3. The Morgan fingerprint density at radius 1 is 1.12 bits per heavy atom. The Morgan fingerprint density at radius 2 is 1.88 bits per heavy atom. The van der Waals surface area contributed by atoms with Crippen LogP contribution in [-0.4, -0.2) is 41.1 Å². The van der Waals surface area contributed by atoms with E-state index in [0.717, 1.165) is 12.1 Å². The third-order valence-electron chi connectivity index (χ3n) is 5.08.